The van der Waals surface area contributed by atoms with Gasteiger partial charge in [-0.25, -0.2) is 0 Å². The molecule has 1 saturated heterocycles. The highest BCUT2D eigenvalue weighted by Crippen LogP contribution is 2.48. The molecule has 1 fully saturated rings. The van der Waals surface area contributed by atoms with Gasteiger partial charge in [0.1, 0.15) is 11.9 Å². The molecule has 5 atom stereocenters. The van der Waals surface area contributed by atoms with Crippen LogP contribution in [0.1, 0.15) is 54.5 Å². The highest BCUT2D eigenvalue weighted by atomic mass is 79.9. The first-order valence-corrected chi connectivity index (χ1v) is 22.0. The number of aliphatic hydroxyl groups is 1. The second kappa shape index (κ2) is 11.7. The van der Waals surface area contributed by atoms with Gasteiger partial charge in [0.2, 0.25) is 5.79 Å². The Morgan fingerprint density at radius 3 is 2.18 bits per heavy atom. The van der Waals surface area contributed by atoms with E-state index in [9.17, 15) is 5.11 Å². The fourth-order valence-corrected chi connectivity index (χ4v) is 9.01. The van der Waals surface area contributed by atoms with Crippen LogP contribution < -0.4 is 4.74 Å². The van der Waals surface area contributed by atoms with Crippen molar-refractivity contribution in [3.63, 3.8) is 0 Å². The Bertz CT molecular complexity index is 1160. The lowest BCUT2D eigenvalue weighted by Crippen LogP contribution is -2.64. The quantitative estimate of drug-likeness (QED) is 0.288. The minimum absolute atomic E-state index is 0.102. The Labute approximate surface area is 246 Å². The molecule has 0 radical (unpaired) electrons. The molecule has 4 rings (SSSR count). The van der Waals surface area contributed by atoms with E-state index in [-0.39, 0.29) is 18.1 Å². The summed E-state index contributed by atoms with van der Waals surface area (Å²) >= 11 is 3.95. The van der Waals surface area contributed by atoms with Crippen molar-refractivity contribution in [1.82, 2.24) is 0 Å². The number of ether oxygens (including phenoxy) is 2. The van der Waals surface area contributed by atoms with E-state index in [2.05, 4.69) is 87.3 Å². The molecular weight excluding hydrogens is 588 g/mol. The van der Waals surface area contributed by atoms with Gasteiger partial charge in [-0.05, 0) is 112 Å². The summed E-state index contributed by atoms with van der Waals surface area (Å²) in [5, 5.41) is 12.8. The predicted molar refractivity (Wildman–Crippen MR) is 167 cm³/mol. The first-order chi connectivity index (χ1) is 18.2. The van der Waals surface area contributed by atoms with Gasteiger partial charge >= 0.3 is 0 Å². The molecule has 5 nitrogen and oxygen atoms in total. The fourth-order valence-electron chi connectivity index (χ4n) is 6.11. The van der Waals surface area contributed by atoms with E-state index in [1.54, 1.807) is 7.11 Å². The van der Waals surface area contributed by atoms with Crippen molar-refractivity contribution >= 4 is 32.6 Å². The molecule has 8 heteroatoms. The third-order valence-electron chi connectivity index (χ3n) is 7.84. The van der Waals surface area contributed by atoms with Crippen molar-refractivity contribution < 1.29 is 23.4 Å². The molecule has 0 bridgehead atoms. The molecule has 2 aliphatic rings. The SMILES string of the molecule is CC[C@H]1OC(O)(c2cc(Cc3ccc(OC)cc3)c(Br)c3c2CCC3)[C@H](O[Si](C)(C)C)[C@@H](O[Si](C)(C)C)[C@@H]1C. The average molecular weight is 636 g/mol. The molecule has 0 aromatic heterocycles. The van der Waals surface area contributed by atoms with Gasteiger partial charge in [0, 0.05) is 16.0 Å². The van der Waals surface area contributed by atoms with Crippen LogP contribution in [0.15, 0.2) is 34.8 Å². The molecule has 1 N–H and O–H groups in total. The maximum atomic E-state index is 12.8. The van der Waals surface area contributed by atoms with Gasteiger partial charge in [-0.15, -0.1) is 0 Å². The number of benzene rings is 2. The van der Waals surface area contributed by atoms with Crippen molar-refractivity contribution in [1.29, 1.82) is 0 Å². The highest BCUT2D eigenvalue weighted by molar-refractivity contribution is 9.10. The van der Waals surface area contributed by atoms with Crippen molar-refractivity contribution in [3.05, 3.63) is 62.6 Å². The second-order valence-corrected chi connectivity index (χ2v) is 22.9. The Morgan fingerprint density at radius 1 is 1.00 bits per heavy atom. The maximum Gasteiger partial charge on any atom is 0.221 e. The molecule has 1 aliphatic carbocycles. The van der Waals surface area contributed by atoms with Gasteiger partial charge in [-0.2, -0.15) is 0 Å². The van der Waals surface area contributed by atoms with Crippen LogP contribution in [0.3, 0.4) is 0 Å². The van der Waals surface area contributed by atoms with E-state index in [1.807, 2.05) is 12.1 Å². The van der Waals surface area contributed by atoms with Crippen LogP contribution in [0.25, 0.3) is 0 Å². The zero-order valence-corrected chi connectivity index (χ0v) is 28.8. The zero-order valence-electron chi connectivity index (χ0n) is 25.2. The first kappa shape index (κ1) is 30.9. The Kier molecular flexibility index (Phi) is 9.28. The topological polar surface area (TPSA) is 57.2 Å². The van der Waals surface area contributed by atoms with Crippen LogP contribution in [0.2, 0.25) is 39.3 Å². The molecule has 1 heterocycles. The molecule has 0 spiro atoms. The van der Waals surface area contributed by atoms with Gasteiger partial charge < -0.3 is 23.4 Å². The van der Waals surface area contributed by atoms with Gasteiger partial charge in [0.25, 0.3) is 0 Å². The van der Waals surface area contributed by atoms with Crippen LogP contribution in [-0.2, 0) is 38.6 Å². The monoisotopic (exact) mass is 634 g/mol. The molecule has 0 amide bonds. The lowest BCUT2D eigenvalue weighted by atomic mass is 9.80. The molecule has 0 saturated carbocycles. The summed E-state index contributed by atoms with van der Waals surface area (Å²) < 4.78 is 27.0. The summed E-state index contributed by atoms with van der Waals surface area (Å²) in [6, 6.07) is 10.4. The number of halogens is 1. The van der Waals surface area contributed by atoms with E-state index in [0.717, 1.165) is 53.5 Å². The van der Waals surface area contributed by atoms with Crippen molar-refractivity contribution in [3.8, 4) is 5.75 Å². The normalized spacial score (nSPS) is 27.5. The molecule has 2 aromatic carbocycles. The van der Waals surface area contributed by atoms with Crippen LogP contribution in [-0.4, -0.2) is 47.2 Å². The van der Waals surface area contributed by atoms with Gasteiger partial charge in [0.15, 0.2) is 16.6 Å². The van der Waals surface area contributed by atoms with E-state index in [4.69, 9.17) is 18.3 Å². The van der Waals surface area contributed by atoms with E-state index in [1.165, 1.54) is 16.7 Å². The summed E-state index contributed by atoms with van der Waals surface area (Å²) in [6.07, 6.45) is 3.51. The van der Waals surface area contributed by atoms with Crippen LogP contribution >= 0.6 is 15.9 Å². The summed E-state index contributed by atoms with van der Waals surface area (Å²) in [5.74, 6) is -0.649. The number of fused-ring (bicyclic) bond motifs is 1. The maximum absolute atomic E-state index is 12.8. The van der Waals surface area contributed by atoms with Crippen LogP contribution in [0, 0.1) is 5.92 Å². The number of rotatable bonds is 9. The summed E-state index contributed by atoms with van der Waals surface area (Å²) in [6.45, 7) is 17.5. The fraction of sp³-hybridized carbons (Fsp3) is 0.613. The standard InChI is InChI=1S/C31H47BrO5Si2/c1-10-27-20(2)29(36-38(4,5)6)30(37-39(7,8)9)31(33,35-27)26-19-22(28(32)25-13-11-12-24(25)26)18-21-14-16-23(34-3)17-15-21/h14-17,19-20,27,29-30,33H,10-13,18H2,1-9H3/t20-,27-,29+,30-,31?/m1/s1. The number of methoxy groups -OCH3 is 1. The molecule has 1 aliphatic heterocycles. The second-order valence-electron chi connectivity index (χ2n) is 13.2. The lowest BCUT2D eigenvalue weighted by molar-refractivity contribution is -0.339. The zero-order chi connectivity index (χ0) is 28.8. The highest BCUT2D eigenvalue weighted by Gasteiger charge is 2.57. The molecule has 39 heavy (non-hydrogen) atoms. The van der Waals surface area contributed by atoms with E-state index in [0.29, 0.717) is 0 Å². The molecule has 1 unspecified atom stereocenters. The minimum atomic E-state index is -2.09. The van der Waals surface area contributed by atoms with Crippen LogP contribution in [0.5, 0.6) is 5.75 Å². The largest absolute Gasteiger partial charge is 0.497 e. The summed E-state index contributed by atoms with van der Waals surface area (Å²) in [7, 11) is -2.36. The van der Waals surface area contributed by atoms with Gasteiger partial charge in [-0.3, -0.25) is 0 Å². The number of hydrogen-bond acceptors (Lipinski definition) is 5. The van der Waals surface area contributed by atoms with E-state index >= 15 is 0 Å². The third kappa shape index (κ3) is 6.74. The van der Waals surface area contributed by atoms with Crippen molar-refractivity contribution in [2.45, 2.75) is 109 Å². The lowest BCUT2D eigenvalue weighted by Gasteiger charge is -2.53. The molecule has 2 aromatic rings. The van der Waals surface area contributed by atoms with Crippen LogP contribution in [0.4, 0.5) is 0 Å². The van der Waals surface area contributed by atoms with Gasteiger partial charge in [-0.1, -0.05) is 41.9 Å². The Morgan fingerprint density at radius 2 is 1.62 bits per heavy atom. The first-order valence-electron chi connectivity index (χ1n) is 14.4. The van der Waals surface area contributed by atoms with Crippen molar-refractivity contribution in [2.75, 3.05) is 7.11 Å². The number of hydrogen-bond donors (Lipinski definition) is 1. The summed E-state index contributed by atoms with van der Waals surface area (Å²) in [5.41, 5.74) is 5.68. The van der Waals surface area contributed by atoms with Gasteiger partial charge in [0.05, 0.1) is 19.3 Å². The Hall–Kier alpha value is -1.01. The molecular formula is C31H47BrO5Si2. The third-order valence-corrected chi connectivity index (χ3v) is 10.8. The average Bonchev–Trinajstić information content (AvgIpc) is 3.34. The smallest absolute Gasteiger partial charge is 0.221 e. The predicted octanol–water partition coefficient (Wildman–Crippen LogP) is 7.57. The minimum Gasteiger partial charge on any atom is -0.497 e. The van der Waals surface area contributed by atoms with Crippen molar-refractivity contribution in [2.24, 2.45) is 5.92 Å². The van der Waals surface area contributed by atoms with E-state index < -0.39 is 28.5 Å². The summed E-state index contributed by atoms with van der Waals surface area (Å²) in [4.78, 5) is 0. The molecule has 216 valence electrons. The Balaban J connectivity index is 1.88.